The molecule has 0 atom stereocenters. The van der Waals surface area contributed by atoms with Gasteiger partial charge in [-0.05, 0) is 0 Å². The smallest absolute Gasteiger partial charge is 0.0820 e. The normalized spacial score (nSPS) is 21.3. The molecule has 0 amide bonds. The van der Waals surface area contributed by atoms with E-state index in [9.17, 15) is 0 Å². The lowest BCUT2D eigenvalue weighted by atomic mass is 10.7. The predicted octanol–water partition coefficient (Wildman–Crippen LogP) is 0.693. The molecule has 0 aliphatic carbocycles. The summed E-state index contributed by atoms with van der Waals surface area (Å²) >= 11 is 1.30. The van der Waals surface area contributed by atoms with Crippen molar-refractivity contribution in [2.24, 2.45) is 4.99 Å². The highest BCUT2D eigenvalue weighted by atomic mass is 32.2. The Labute approximate surface area is 40.8 Å². The van der Waals surface area contributed by atoms with Gasteiger partial charge in [0.15, 0.2) is 0 Å². The van der Waals surface area contributed by atoms with Gasteiger partial charge < -0.3 is 4.18 Å². The van der Waals surface area contributed by atoms with Crippen LogP contribution in [0.15, 0.2) is 4.99 Å². The summed E-state index contributed by atoms with van der Waals surface area (Å²) in [5, 5.41) is 0. The fourth-order valence-electron chi connectivity index (χ4n) is 0.252. The van der Waals surface area contributed by atoms with E-state index in [1.165, 1.54) is 12.0 Å². The standard InChI is InChI=1S/C3H5NOS/c1-2-5-6-3-4-1/h3H,1-2H2. The Kier molecular flexibility index (Phi) is 1.52. The summed E-state index contributed by atoms with van der Waals surface area (Å²) in [6.45, 7) is 1.59. The van der Waals surface area contributed by atoms with Crippen molar-refractivity contribution in [3.8, 4) is 0 Å². The van der Waals surface area contributed by atoms with E-state index >= 15 is 0 Å². The summed E-state index contributed by atoms with van der Waals surface area (Å²) in [5.41, 5.74) is 1.71. The van der Waals surface area contributed by atoms with Gasteiger partial charge >= 0.3 is 0 Å². The maximum absolute atomic E-state index is 4.84. The van der Waals surface area contributed by atoms with E-state index in [0.29, 0.717) is 0 Å². The van der Waals surface area contributed by atoms with E-state index < -0.39 is 0 Å². The van der Waals surface area contributed by atoms with Crippen molar-refractivity contribution in [2.75, 3.05) is 13.2 Å². The summed E-state index contributed by atoms with van der Waals surface area (Å²) in [5.74, 6) is 0. The van der Waals surface area contributed by atoms with Crippen LogP contribution >= 0.6 is 12.0 Å². The molecule has 6 heavy (non-hydrogen) atoms. The predicted molar refractivity (Wildman–Crippen MR) is 26.9 cm³/mol. The summed E-state index contributed by atoms with van der Waals surface area (Å²) in [4.78, 5) is 3.89. The maximum Gasteiger partial charge on any atom is 0.0820 e. The molecule has 1 aliphatic heterocycles. The van der Waals surface area contributed by atoms with Crippen LogP contribution in [-0.2, 0) is 4.18 Å². The molecule has 0 aromatic carbocycles. The third-order valence-corrected chi connectivity index (χ3v) is 1.03. The molecule has 1 rings (SSSR count). The molecule has 3 heteroatoms. The Morgan fingerprint density at radius 3 is 3.00 bits per heavy atom. The minimum atomic E-state index is 0.765. The summed E-state index contributed by atoms with van der Waals surface area (Å²) in [6.07, 6.45) is 0. The zero-order valence-corrected chi connectivity index (χ0v) is 4.07. The fourth-order valence-corrected chi connectivity index (χ4v) is 0.650. The number of nitrogens with zero attached hydrogens (tertiary/aromatic N) is 1. The van der Waals surface area contributed by atoms with Gasteiger partial charge in [0.05, 0.1) is 18.7 Å². The molecular weight excluding hydrogens is 98.1 g/mol. The van der Waals surface area contributed by atoms with Crippen LogP contribution in [0.4, 0.5) is 0 Å². The van der Waals surface area contributed by atoms with Gasteiger partial charge in [0.1, 0.15) is 0 Å². The minimum absolute atomic E-state index is 0.765. The van der Waals surface area contributed by atoms with Crippen LogP contribution in [0.3, 0.4) is 0 Å². The molecule has 0 spiro atoms. The lowest BCUT2D eigenvalue weighted by Crippen LogP contribution is -1.95. The van der Waals surface area contributed by atoms with Crippen LogP contribution in [0.25, 0.3) is 0 Å². The Morgan fingerprint density at radius 1 is 1.83 bits per heavy atom. The largest absolute Gasteiger partial charge is 0.308 e. The highest BCUT2D eigenvalue weighted by Crippen LogP contribution is 2.00. The van der Waals surface area contributed by atoms with Gasteiger partial charge in [0.2, 0.25) is 0 Å². The quantitative estimate of drug-likeness (QED) is 0.421. The first-order valence-corrected chi connectivity index (χ1v) is 2.57. The maximum atomic E-state index is 4.84. The van der Waals surface area contributed by atoms with E-state index in [0.717, 1.165) is 13.2 Å². The number of hydrogen-bond acceptors (Lipinski definition) is 3. The van der Waals surface area contributed by atoms with Gasteiger partial charge in [-0.3, -0.25) is 4.99 Å². The van der Waals surface area contributed by atoms with Crippen molar-refractivity contribution in [3.05, 3.63) is 0 Å². The number of rotatable bonds is 0. The van der Waals surface area contributed by atoms with E-state index in [1.54, 1.807) is 5.55 Å². The second kappa shape index (κ2) is 2.21. The Hall–Kier alpha value is -0.0200. The minimum Gasteiger partial charge on any atom is -0.308 e. The third-order valence-electron chi connectivity index (χ3n) is 0.489. The summed E-state index contributed by atoms with van der Waals surface area (Å²) in [6, 6.07) is 0. The highest BCUT2D eigenvalue weighted by Gasteiger charge is 1.88. The number of aliphatic imine (C=N–C) groups is 1. The molecule has 0 fully saturated rings. The van der Waals surface area contributed by atoms with Crippen LogP contribution in [-0.4, -0.2) is 18.7 Å². The molecule has 1 heterocycles. The Morgan fingerprint density at radius 2 is 2.83 bits per heavy atom. The van der Waals surface area contributed by atoms with Gasteiger partial charge in [0.25, 0.3) is 0 Å². The Bertz CT molecular complexity index is 55.8. The molecule has 1 aliphatic rings. The van der Waals surface area contributed by atoms with Gasteiger partial charge in [-0.2, -0.15) is 0 Å². The monoisotopic (exact) mass is 103 g/mol. The fraction of sp³-hybridized carbons (Fsp3) is 0.667. The van der Waals surface area contributed by atoms with Gasteiger partial charge in [-0.1, -0.05) is 0 Å². The van der Waals surface area contributed by atoms with Crippen LogP contribution in [0.2, 0.25) is 0 Å². The average molecular weight is 103 g/mol. The highest BCUT2D eigenvalue weighted by molar-refractivity contribution is 8.07. The zero-order chi connectivity index (χ0) is 4.24. The van der Waals surface area contributed by atoms with E-state index in [1.807, 2.05) is 0 Å². The second-order valence-corrected chi connectivity index (χ2v) is 1.57. The Balaban J connectivity index is 2.26. The second-order valence-electron chi connectivity index (χ2n) is 0.930. The van der Waals surface area contributed by atoms with Crippen molar-refractivity contribution in [3.63, 3.8) is 0 Å². The molecule has 0 unspecified atom stereocenters. The van der Waals surface area contributed by atoms with Crippen LogP contribution in [0, 0.1) is 0 Å². The van der Waals surface area contributed by atoms with Crippen molar-refractivity contribution in [1.82, 2.24) is 0 Å². The van der Waals surface area contributed by atoms with Crippen LogP contribution in [0.1, 0.15) is 0 Å². The summed E-state index contributed by atoms with van der Waals surface area (Å²) in [7, 11) is 0. The number of hydrogen-bond donors (Lipinski definition) is 0. The molecule has 0 aromatic heterocycles. The molecule has 0 saturated carbocycles. The molecule has 34 valence electrons. The molecule has 0 aromatic rings. The molecule has 0 saturated heterocycles. The van der Waals surface area contributed by atoms with Crippen LogP contribution in [0.5, 0.6) is 0 Å². The van der Waals surface area contributed by atoms with Crippen molar-refractivity contribution >= 4 is 17.6 Å². The van der Waals surface area contributed by atoms with Crippen molar-refractivity contribution in [1.29, 1.82) is 0 Å². The van der Waals surface area contributed by atoms with E-state index in [-0.39, 0.29) is 0 Å². The summed E-state index contributed by atoms with van der Waals surface area (Å²) < 4.78 is 4.84. The molecule has 0 N–H and O–H groups in total. The van der Waals surface area contributed by atoms with E-state index in [4.69, 9.17) is 4.18 Å². The van der Waals surface area contributed by atoms with Crippen molar-refractivity contribution < 1.29 is 4.18 Å². The lowest BCUT2D eigenvalue weighted by molar-refractivity contribution is 0.387. The molecule has 2 nitrogen and oxygen atoms in total. The van der Waals surface area contributed by atoms with Gasteiger partial charge in [-0.25, -0.2) is 0 Å². The SMILES string of the molecule is C1=NCCOS1. The lowest BCUT2D eigenvalue weighted by Gasteiger charge is -1.98. The zero-order valence-electron chi connectivity index (χ0n) is 3.26. The van der Waals surface area contributed by atoms with Gasteiger partial charge in [-0.15, -0.1) is 0 Å². The molecule has 0 radical (unpaired) electrons. The first kappa shape index (κ1) is 4.15. The average Bonchev–Trinajstić information content (AvgIpc) is 1.72. The first-order chi connectivity index (χ1) is 3.00. The topological polar surface area (TPSA) is 21.6 Å². The van der Waals surface area contributed by atoms with Gasteiger partial charge in [0, 0.05) is 12.0 Å². The van der Waals surface area contributed by atoms with Crippen LogP contribution < -0.4 is 0 Å². The van der Waals surface area contributed by atoms with Crippen molar-refractivity contribution in [2.45, 2.75) is 0 Å². The molecule has 0 bridgehead atoms. The molecular formula is C3H5NOS. The first-order valence-electron chi connectivity index (χ1n) is 1.77. The van der Waals surface area contributed by atoms with E-state index in [2.05, 4.69) is 4.99 Å². The third kappa shape index (κ3) is 0.988.